The number of rotatable bonds is 8. The van der Waals surface area contributed by atoms with Gasteiger partial charge in [0.1, 0.15) is 11.5 Å². The van der Waals surface area contributed by atoms with Gasteiger partial charge in [0.2, 0.25) is 0 Å². The lowest BCUT2D eigenvalue weighted by molar-refractivity contribution is 0.335. The van der Waals surface area contributed by atoms with Crippen molar-refractivity contribution in [2.75, 3.05) is 20.3 Å². The Balaban J connectivity index is 1.81. The van der Waals surface area contributed by atoms with Crippen molar-refractivity contribution < 1.29 is 9.47 Å². The molecule has 2 aromatic carbocycles. The Morgan fingerprint density at radius 2 is 1.90 bits per heavy atom. The minimum Gasteiger partial charge on any atom is -0.497 e. The van der Waals surface area contributed by atoms with Gasteiger partial charge in [-0.15, -0.1) is 0 Å². The van der Waals surface area contributed by atoms with E-state index in [4.69, 9.17) is 9.47 Å². The Morgan fingerprint density at radius 1 is 1.05 bits per heavy atom. The summed E-state index contributed by atoms with van der Waals surface area (Å²) in [6.07, 6.45) is 0.980. The monoisotopic (exact) mass is 285 g/mol. The molecule has 0 aliphatic carbocycles. The van der Waals surface area contributed by atoms with Crippen LogP contribution in [0.25, 0.3) is 0 Å². The van der Waals surface area contributed by atoms with E-state index in [1.807, 2.05) is 37.3 Å². The third kappa shape index (κ3) is 4.80. The smallest absolute Gasteiger partial charge is 0.123 e. The molecule has 0 amide bonds. The molecule has 0 bridgehead atoms. The molecular formula is C18H23NO2. The van der Waals surface area contributed by atoms with Crippen molar-refractivity contribution in [2.45, 2.75) is 19.9 Å². The summed E-state index contributed by atoms with van der Waals surface area (Å²) < 4.78 is 10.9. The van der Waals surface area contributed by atoms with Gasteiger partial charge in [-0.1, -0.05) is 30.3 Å². The third-order valence-electron chi connectivity index (χ3n) is 3.31. The number of nitrogens with one attached hydrogen (secondary N) is 1. The van der Waals surface area contributed by atoms with Crippen molar-refractivity contribution in [3.8, 4) is 11.5 Å². The summed E-state index contributed by atoms with van der Waals surface area (Å²) in [6, 6.07) is 16.4. The lowest BCUT2D eigenvalue weighted by atomic mass is 10.1. The van der Waals surface area contributed by atoms with E-state index in [1.54, 1.807) is 7.11 Å². The van der Waals surface area contributed by atoms with E-state index in [-0.39, 0.29) is 0 Å². The average molecular weight is 285 g/mol. The molecule has 0 aliphatic heterocycles. The van der Waals surface area contributed by atoms with Gasteiger partial charge in [0.15, 0.2) is 0 Å². The predicted octanol–water partition coefficient (Wildman–Crippen LogP) is 3.43. The summed E-state index contributed by atoms with van der Waals surface area (Å²) in [5.74, 6) is 1.88. The van der Waals surface area contributed by atoms with Crippen LogP contribution in [0.3, 0.4) is 0 Å². The van der Waals surface area contributed by atoms with E-state index < -0.39 is 0 Å². The number of hydrogen-bond donors (Lipinski definition) is 1. The van der Waals surface area contributed by atoms with Crippen LogP contribution in [0, 0.1) is 0 Å². The maximum atomic E-state index is 5.63. The largest absolute Gasteiger partial charge is 0.497 e. The number of hydrogen-bond acceptors (Lipinski definition) is 3. The second-order valence-electron chi connectivity index (χ2n) is 4.82. The Morgan fingerprint density at radius 3 is 2.71 bits per heavy atom. The van der Waals surface area contributed by atoms with Crippen LogP contribution in [0.15, 0.2) is 48.5 Å². The number of ether oxygens (including phenoxy) is 2. The number of para-hydroxylation sites is 1. The normalized spacial score (nSPS) is 10.4. The summed E-state index contributed by atoms with van der Waals surface area (Å²) in [6.45, 7) is 4.45. The number of benzene rings is 2. The highest BCUT2D eigenvalue weighted by atomic mass is 16.5. The second-order valence-corrected chi connectivity index (χ2v) is 4.82. The minimum absolute atomic E-state index is 0.695. The van der Waals surface area contributed by atoms with Gasteiger partial charge in [0.05, 0.1) is 13.7 Å². The zero-order valence-corrected chi connectivity index (χ0v) is 12.8. The van der Waals surface area contributed by atoms with Crippen molar-refractivity contribution in [3.05, 3.63) is 59.7 Å². The molecule has 21 heavy (non-hydrogen) atoms. The molecule has 0 atom stereocenters. The van der Waals surface area contributed by atoms with E-state index in [1.165, 1.54) is 11.1 Å². The Kier molecular flexibility index (Phi) is 6.10. The Hall–Kier alpha value is -2.00. The molecule has 2 rings (SSSR count). The zero-order chi connectivity index (χ0) is 14.9. The first kappa shape index (κ1) is 15.4. The van der Waals surface area contributed by atoms with Crippen molar-refractivity contribution in [2.24, 2.45) is 0 Å². The zero-order valence-electron chi connectivity index (χ0n) is 12.8. The van der Waals surface area contributed by atoms with Crippen LogP contribution in [-0.4, -0.2) is 20.3 Å². The van der Waals surface area contributed by atoms with E-state index in [2.05, 4.69) is 23.5 Å². The maximum absolute atomic E-state index is 5.63. The van der Waals surface area contributed by atoms with E-state index >= 15 is 0 Å². The molecule has 0 spiro atoms. The average Bonchev–Trinajstić information content (AvgIpc) is 2.53. The molecule has 0 saturated heterocycles. The SMILES string of the molecule is CCOc1ccccc1CNCCc1cccc(OC)c1. The van der Waals surface area contributed by atoms with Crippen molar-refractivity contribution >= 4 is 0 Å². The molecule has 0 radical (unpaired) electrons. The van der Waals surface area contributed by atoms with Gasteiger partial charge in [0.25, 0.3) is 0 Å². The highest BCUT2D eigenvalue weighted by Crippen LogP contribution is 2.17. The van der Waals surface area contributed by atoms with Crippen LogP contribution in [0.1, 0.15) is 18.1 Å². The second kappa shape index (κ2) is 8.32. The molecule has 3 nitrogen and oxygen atoms in total. The molecule has 0 saturated carbocycles. The van der Waals surface area contributed by atoms with Gasteiger partial charge >= 0.3 is 0 Å². The molecule has 1 N–H and O–H groups in total. The van der Waals surface area contributed by atoms with Gasteiger partial charge in [-0.3, -0.25) is 0 Å². The first-order valence-corrected chi connectivity index (χ1v) is 7.38. The van der Waals surface area contributed by atoms with Crippen molar-refractivity contribution in [1.29, 1.82) is 0 Å². The van der Waals surface area contributed by atoms with E-state index in [0.717, 1.165) is 31.0 Å². The van der Waals surface area contributed by atoms with Gasteiger partial charge in [-0.25, -0.2) is 0 Å². The van der Waals surface area contributed by atoms with Crippen LogP contribution in [0.2, 0.25) is 0 Å². The molecule has 112 valence electrons. The molecule has 0 aromatic heterocycles. The fourth-order valence-electron chi connectivity index (χ4n) is 2.23. The first-order chi connectivity index (χ1) is 10.3. The van der Waals surface area contributed by atoms with Crippen LogP contribution in [-0.2, 0) is 13.0 Å². The van der Waals surface area contributed by atoms with Crippen molar-refractivity contribution in [1.82, 2.24) is 5.32 Å². The summed E-state index contributed by atoms with van der Waals surface area (Å²) in [5, 5.41) is 3.47. The van der Waals surface area contributed by atoms with Crippen molar-refractivity contribution in [3.63, 3.8) is 0 Å². The third-order valence-corrected chi connectivity index (χ3v) is 3.31. The Labute approximate surface area is 126 Å². The van der Waals surface area contributed by atoms with Crippen LogP contribution < -0.4 is 14.8 Å². The maximum Gasteiger partial charge on any atom is 0.123 e. The molecule has 0 fully saturated rings. The fourth-order valence-corrected chi connectivity index (χ4v) is 2.23. The summed E-state index contributed by atoms with van der Waals surface area (Å²) in [4.78, 5) is 0. The highest BCUT2D eigenvalue weighted by Gasteiger charge is 2.02. The van der Waals surface area contributed by atoms with Crippen LogP contribution >= 0.6 is 0 Å². The highest BCUT2D eigenvalue weighted by molar-refractivity contribution is 5.33. The molecule has 2 aromatic rings. The molecule has 0 aliphatic rings. The predicted molar refractivity (Wildman–Crippen MR) is 86.0 cm³/mol. The quantitative estimate of drug-likeness (QED) is 0.754. The lowest BCUT2D eigenvalue weighted by Crippen LogP contribution is -2.17. The summed E-state index contributed by atoms with van der Waals surface area (Å²) in [5.41, 5.74) is 2.48. The minimum atomic E-state index is 0.695. The van der Waals surface area contributed by atoms with E-state index in [9.17, 15) is 0 Å². The standard InChI is InChI=1S/C18H23NO2/c1-3-21-18-10-5-4-8-16(18)14-19-12-11-15-7-6-9-17(13-15)20-2/h4-10,13,19H,3,11-12,14H2,1-2H3. The molecule has 3 heteroatoms. The lowest BCUT2D eigenvalue weighted by Gasteiger charge is -2.11. The fraction of sp³-hybridized carbons (Fsp3) is 0.333. The van der Waals surface area contributed by atoms with Gasteiger partial charge < -0.3 is 14.8 Å². The topological polar surface area (TPSA) is 30.5 Å². The number of methoxy groups -OCH3 is 1. The first-order valence-electron chi connectivity index (χ1n) is 7.38. The summed E-state index contributed by atoms with van der Waals surface area (Å²) in [7, 11) is 1.70. The molecular weight excluding hydrogens is 262 g/mol. The van der Waals surface area contributed by atoms with Gasteiger partial charge in [0, 0.05) is 12.1 Å². The van der Waals surface area contributed by atoms with Crippen LogP contribution in [0.4, 0.5) is 0 Å². The Bertz CT molecular complexity index is 554. The van der Waals surface area contributed by atoms with Gasteiger partial charge in [-0.2, -0.15) is 0 Å². The molecule has 0 heterocycles. The van der Waals surface area contributed by atoms with Gasteiger partial charge in [-0.05, 0) is 43.7 Å². The van der Waals surface area contributed by atoms with Crippen LogP contribution in [0.5, 0.6) is 11.5 Å². The van der Waals surface area contributed by atoms with E-state index in [0.29, 0.717) is 6.61 Å². The summed E-state index contributed by atoms with van der Waals surface area (Å²) >= 11 is 0. The molecule has 0 unspecified atom stereocenters.